The molecule has 0 saturated carbocycles. The van der Waals surface area contributed by atoms with E-state index in [0.717, 1.165) is 5.56 Å². The molecule has 0 saturated heterocycles. The molecule has 0 fully saturated rings. The summed E-state index contributed by atoms with van der Waals surface area (Å²) >= 11 is 30.5. The van der Waals surface area contributed by atoms with E-state index in [0.29, 0.717) is 25.7 Å². The Labute approximate surface area is 130 Å². The summed E-state index contributed by atoms with van der Waals surface area (Å²) in [6.45, 7) is 0. The van der Waals surface area contributed by atoms with E-state index in [9.17, 15) is 0 Å². The second kappa shape index (κ2) is 5.90. The molecule has 0 nitrogen and oxygen atoms in total. The van der Waals surface area contributed by atoms with Crippen LogP contribution in [0.3, 0.4) is 0 Å². The van der Waals surface area contributed by atoms with Crippen LogP contribution in [0.15, 0.2) is 36.4 Å². The molecule has 18 heavy (non-hydrogen) atoms. The van der Waals surface area contributed by atoms with Gasteiger partial charge in [0.15, 0.2) is 0 Å². The monoisotopic (exact) mass is 338 g/mol. The second-order valence-corrected chi connectivity index (χ2v) is 5.74. The molecule has 0 aliphatic rings. The number of halogens is 5. The number of hydrogen-bond donors (Lipinski definition) is 0. The molecule has 0 spiro atoms. The predicted molar refractivity (Wildman–Crippen MR) is 80.6 cm³/mol. The fraction of sp³-hybridized carbons (Fsp3) is 0.0769. The molecular weight excluding hydrogens is 333 g/mol. The minimum Gasteiger partial charge on any atom is -0.112 e. The quantitative estimate of drug-likeness (QED) is 0.538. The normalized spacial score (nSPS) is 12.5. The van der Waals surface area contributed by atoms with Gasteiger partial charge in [-0.2, -0.15) is 0 Å². The highest BCUT2D eigenvalue weighted by atomic mass is 35.5. The summed E-state index contributed by atoms with van der Waals surface area (Å²) in [5.74, 6) is 0. The summed E-state index contributed by atoms with van der Waals surface area (Å²) in [5, 5.41) is 1.50. The van der Waals surface area contributed by atoms with Crippen LogP contribution in [0.25, 0.3) is 0 Å². The number of alkyl halides is 1. The molecule has 0 heterocycles. The van der Waals surface area contributed by atoms with Crippen molar-refractivity contribution >= 4 is 58.0 Å². The molecule has 0 radical (unpaired) electrons. The van der Waals surface area contributed by atoms with Crippen LogP contribution in [0.2, 0.25) is 20.1 Å². The largest absolute Gasteiger partial charge is 0.112 e. The van der Waals surface area contributed by atoms with Crippen molar-refractivity contribution in [2.75, 3.05) is 0 Å². The fourth-order valence-corrected chi connectivity index (χ4v) is 2.99. The Bertz CT molecular complexity index is 559. The van der Waals surface area contributed by atoms with Crippen LogP contribution < -0.4 is 0 Å². The van der Waals surface area contributed by atoms with Crippen LogP contribution in [0.5, 0.6) is 0 Å². The molecule has 0 aliphatic heterocycles. The van der Waals surface area contributed by atoms with Crippen LogP contribution in [0.4, 0.5) is 0 Å². The zero-order valence-corrected chi connectivity index (χ0v) is 12.7. The van der Waals surface area contributed by atoms with Gasteiger partial charge in [0, 0.05) is 15.6 Å². The number of hydrogen-bond acceptors (Lipinski definition) is 0. The van der Waals surface area contributed by atoms with E-state index in [4.69, 9.17) is 58.0 Å². The van der Waals surface area contributed by atoms with E-state index in [2.05, 4.69) is 0 Å². The van der Waals surface area contributed by atoms with Gasteiger partial charge in [-0.25, -0.2) is 0 Å². The van der Waals surface area contributed by atoms with E-state index >= 15 is 0 Å². The molecule has 5 heteroatoms. The van der Waals surface area contributed by atoms with E-state index in [-0.39, 0.29) is 0 Å². The maximum atomic E-state index is 6.40. The number of rotatable bonds is 2. The summed E-state index contributed by atoms with van der Waals surface area (Å²) in [6.07, 6.45) is 0. The SMILES string of the molecule is Clc1ccc(C(Cl)c2c(Cl)cccc2Cl)cc1Cl. The first kappa shape index (κ1) is 14.3. The minimum atomic E-state index is -0.471. The molecule has 2 rings (SSSR count). The Morgan fingerprint density at radius 1 is 0.722 bits per heavy atom. The van der Waals surface area contributed by atoms with Gasteiger partial charge >= 0.3 is 0 Å². The summed E-state index contributed by atoms with van der Waals surface area (Å²) < 4.78 is 0. The highest BCUT2D eigenvalue weighted by Gasteiger charge is 2.18. The van der Waals surface area contributed by atoms with E-state index in [1.807, 2.05) is 0 Å². The third-order valence-electron chi connectivity index (χ3n) is 2.49. The van der Waals surface area contributed by atoms with Crippen molar-refractivity contribution in [3.63, 3.8) is 0 Å². The summed E-state index contributed by atoms with van der Waals surface area (Å²) in [7, 11) is 0. The maximum Gasteiger partial charge on any atom is 0.0864 e. The zero-order chi connectivity index (χ0) is 13.3. The molecule has 2 aromatic carbocycles. The summed E-state index contributed by atoms with van der Waals surface area (Å²) in [5.41, 5.74) is 1.46. The first-order valence-electron chi connectivity index (χ1n) is 5.03. The van der Waals surface area contributed by atoms with Crippen LogP contribution in [-0.4, -0.2) is 0 Å². The number of benzene rings is 2. The van der Waals surface area contributed by atoms with Crippen LogP contribution >= 0.6 is 58.0 Å². The molecule has 0 N–H and O–H groups in total. The first-order valence-corrected chi connectivity index (χ1v) is 6.98. The van der Waals surface area contributed by atoms with Crippen molar-refractivity contribution in [3.8, 4) is 0 Å². The Kier molecular flexibility index (Phi) is 4.69. The van der Waals surface area contributed by atoms with Crippen LogP contribution in [-0.2, 0) is 0 Å². The average molecular weight is 340 g/mol. The average Bonchev–Trinajstić information content (AvgIpc) is 2.32. The molecule has 0 aliphatic carbocycles. The molecule has 2 aromatic rings. The van der Waals surface area contributed by atoms with Gasteiger partial charge in [-0.3, -0.25) is 0 Å². The summed E-state index contributed by atoms with van der Waals surface area (Å²) in [4.78, 5) is 0. The van der Waals surface area contributed by atoms with Crippen molar-refractivity contribution in [3.05, 3.63) is 67.6 Å². The summed E-state index contributed by atoms with van der Waals surface area (Å²) in [6, 6.07) is 10.5. The lowest BCUT2D eigenvalue weighted by atomic mass is 10.0. The van der Waals surface area contributed by atoms with Crippen molar-refractivity contribution in [1.29, 1.82) is 0 Å². The van der Waals surface area contributed by atoms with Gasteiger partial charge in [0.05, 0.1) is 15.4 Å². The fourth-order valence-electron chi connectivity index (χ4n) is 1.59. The Morgan fingerprint density at radius 2 is 1.33 bits per heavy atom. The van der Waals surface area contributed by atoms with E-state index in [1.165, 1.54) is 0 Å². The molecule has 0 bridgehead atoms. The molecule has 1 unspecified atom stereocenters. The highest BCUT2D eigenvalue weighted by molar-refractivity contribution is 6.42. The van der Waals surface area contributed by atoms with Crippen molar-refractivity contribution in [2.45, 2.75) is 5.38 Å². The Morgan fingerprint density at radius 3 is 1.89 bits per heavy atom. The van der Waals surface area contributed by atoms with Crippen molar-refractivity contribution in [2.24, 2.45) is 0 Å². The Balaban J connectivity index is 2.48. The van der Waals surface area contributed by atoms with Crippen molar-refractivity contribution < 1.29 is 0 Å². The lowest BCUT2D eigenvalue weighted by molar-refractivity contribution is 1.14. The molecule has 0 amide bonds. The molecule has 94 valence electrons. The lowest BCUT2D eigenvalue weighted by Crippen LogP contribution is -1.95. The third-order valence-corrected chi connectivity index (χ3v) is 4.36. The van der Waals surface area contributed by atoms with Gasteiger partial charge in [-0.05, 0) is 29.8 Å². The van der Waals surface area contributed by atoms with Gasteiger partial charge in [0.1, 0.15) is 0 Å². The van der Waals surface area contributed by atoms with Gasteiger partial charge in [0.2, 0.25) is 0 Å². The highest BCUT2D eigenvalue weighted by Crippen LogP contribution is 2.39. The van der Waals surface area contributed by atoms with Gasteiger partial charge in [-0.15, -0.1) is 11.6 Å². The Hall–Kier alpha value is -0.110. The predicted octanol–water partition coefficient (Wildman–Crippen LogP) is 6.63. The lowest BCUT2D eigenvalue weighted by Gasteiger charge is -2.14. The minimum absolute atomic E-state index is 0.447. The van der Waals surface area contributed by atoms with Crippen LogP contribution in [0.1, 0.15) is 16.5 Å². The third kappa shape index (κ3) is 2.89. The topological polar surface area (TPSA) is 0 Å². The van der Waals surface area contributed by atoms with Crippen molar-refractivity contribution in [1.82, 2.24) is 0 Å². The first-order chi connectivity index (χ1) is 8.50. The van der Waals surface area contributed by atoms with Gasteiger partial charge < -0.3 is 0 Å². The smallest absolute Gasteiger partial charge is 0.0864 e. The second-order valence-electron chi connectivity index (χ2n) is 3.67. The standard InChI is InChI=1S/C13H7Cl5/c14-8-5-4-7(6-11(8)17)13(18)12-9(15)2-1-3-10(12)16/h1-6,13H. The van der Waals surface area contributed by atoms with Gasteiger partial charge in [0.25, 0.3) is 0 Å². The van der Waals surface area contributed by atoms with Gasteiger partial charge in [-0.1, -0.05) is 58.5 Å². The van der Waals surface area contributed by atoms with Crippen LogP contribution in [0, 0.1) is 0 Å². The van der Waals surface area contributed by atoms with E-state index < -0.39 is 5.38 Å². The van der Waals surface area contributed by atoms with E-state index in [1.54, 1.807) is 36.4 Å². The molecule has 0 aromatic heterocycles. The molecule has 1 atom stereocenters. The zero-order valence-electron chi connectivity index (χ0n) is 8.93. The molecular formula is C13H7Cl5. The maximum absolute atomic E-state index is 6.40.